The van der Waals surface area contributed by atoms with Gasteiger partial charge in [0.05, 0.1) is 39.6 Å². The summed E-state index contributed by atoms with van der Waals surface area (Å²) >= 11 is 0. The van der Waals surface area contributed by atoms with Crippen LogP contribution in [-0.4, -0.2) is 51.4 Å². The van der Waals surface area contributed by atoms with Crippen molar-refractivity contribution < 1.29 is 19.3 Å². The minimum absolute atomic E-state index is 0.0692. The molecule has 0 aromatic heterocycles. The first kappa shape index (κ1) is 19.8. The molecule has 20 heavy (non-hydrogen) atoms. The van der Waals surface area contributed by atoms with Crippen molar-refractivity contribution in [2.24, 2.45) is 5.92 Å². The van der Waals surface area contributed by atoms with E-state index in [4.69, 9.17) is 19.3 Å². The summed E-state index contributed by atoms with van der Waals surface area (Å²) in [5.74, 6) is 0.694. The van der Waals surface area contributed by atoms with Crippen LogP contribution in [0.5, 0.6) is 0 Å². The molecule has 0 amide bonds. The molecule has 4 nitrogen and oxygen atoms in total. The van der Waals surface area contributed by atoms with Gasteiger partial charge in [0, 0.05) is 6.61 Å². The molecule has 0 aliphatic rings. The third-order valence-electron chi connectivity index (χ3n) is 3.38. The highest BCUT2D eigenvalue weighted by atomic mass is 16.5. The predicted octanol–water partition coefficient (Wildman–Crippen LogP) is 3.03. The fourth-order valence-electron chi connectivity index (χ4n) is 2.02. The first-order valence-electron chi connectivity index (χ1n) is 8.19. The van der Waals surface area contributed by atoms with Crippen molar-refractivity contribution in [3.63, 3.8) is 0 Å². The van der Waals surface area contributed by atoms with Crippen LogP contribution in [0, 0.1) is 5.92 Å². The monoisotopic (exact) mass is 290 g/mol. The van der Waals surface area contributed by atoms with E-state index in [9.17, 15) is 0 Å². The van der Waals surface area contributed by atoms with Crippen LogP contribution >= 0.6 is 0 Å². The molecule has 0 aliphatic heterocycles. The summed E-state index contributed by atoms with van der Waals surface area (Å²) < 4.78 is 16.1. The van der Waals surface area contributed by atoms with Gasteiger partial charge in [0.25, 0.3) is 0 Å². The zero-order valence-corrected chi connectivity index (χ0v) is 13.4. The third kappa shape index (κ3) is 14.3. The summed E-state index contributed by atoms with van der Waals surface area (Å²) in [5, 5.41) is 8.52. The first-order valence-corrected chi connectivity index (χ1v) is 8.19. The van der Waals surface area contributed by atoms with Crippen LogP contribution in [0.4, 0.5) is 0 Å². The Morgan fingerprint density at radius 3 is 2.05 bits per heavy atom. The molecule has 0 radical (unpaired) electrons. The quantitative estimate of drug-likeness (QED) is 0.444. The van der Waals surface area contributed by atoms with Crippen LogP contribution in [0.2, 0.25) is 0 Å². The van der Waals surface area contributed by atoms with E-state index in [1.807, 2.05) is 0 Å². The predicted molar refractivity (Wildman–Crippen MR) is 82.1 cm³/mol. The molecule has 1 unspecified atom stereocenters. The van der Waals surface area contributed by atoms with E-state index in [2.05, 4.69) is 13.8 Å². The van der Waals surface area contributed by atoms with Gasteiger partial charge in [0.15, 0.2) is 0 Å². The average molecular weight is 290 g/mol. The molecule has 0 heterocycles. The highest BCUT2D eigenvalue weighted by molar-refractivity contribution is 4.56. The van der Waals surface area contributed by atoms with Gasteiger partial charge < -0.3 is 19.3 Å². The molecule has 0 aromatic carbocycles. The van der Waals surface area contributed by atoms with Gasteiger partial charge in [0.2, 0.25) is 0 Å². The molecule has 0 aromatic rings. The average Bonchev–Trinajstić information content (AvgIpc) is 2.47. The Morgan fingerprint density at radius 2 is 1.45 bits per heavy atom. The van der Waals surface area contributed by atoms with Crippen molar-refractivity contribution in [3.8, 4) is 0 Å². The van der Waals surface area contributed by atoms with E-state index in [1.54, 1.807) is 0 Å². The second-order valence-corrected chi connectivity index (χ2v) is 5.15. The minimum atomic E-state index is 0.0692. The van der Waals surface area contributed by atoms with Gasteiger partial charge >= 0.3 is 0 Å². The Balaban J connectivity index is 3.24. The largest absolute Gasteiger partial charge is 0.394 e. The summed E-state index contributed by atoms with van der Waals surface area (Å²) in [7, 11) is 0. The van der Waals surface area contributed by atoms with Crippen molar-refractivity contribution >= 4 is 0 Å². The molecule has 4 heteroatoms. The second kappa shape index (κ2) is 16.9. The maximum atomic E-state index is 8.52. The van der Waals surface area contributed by atoms with E-state index in [0.717, 1.165) is 6.61 Å². The lowest BCUT2D eigenvalue weighted by Crippen LogP contribution is -2.14. The Kier molecular flexibility index (Phi) is 16.8. The van der Waals surface area contributed by atoms with Crippen LogP contribution in [0.1, 0.15) is 52.4 Å². The standard InChI is InChI=1S/C16H34O4/c1-3-5-6-7-8-16(4-2)15-20-14-13-19-12-11-18-10-9-17/h16-17H,3-15H2,1-2H3. The Morgan fingerprint density at radius 1 is 0.800 bits per heavy atom. The Bertz CT molecular complexity index is 176. The van der Waals surface area contributed by atoms with E-state index in [0.29, 0.717) is 39.0 Å². The van der Waals surface area contributed by atoms with Gasteiger partial charge in [-0.1, -0.05) is 46.0 Å². The molecule has 0 saturated heterocycles. The van der Waals surface area contributed by atoms with Crippen LogP contribution in [0.15, 0.2) is 0 Å². The smallest absolute Gasteiger partial charge is 0.0701 e. The minimum Gasteiger partial charge on any atom is -0.394 e. The fourth-order valence-corrected chi connectivity index (χ4v) is 2.02. The number of aliphatic hydroxyl groups is 1. The summed E-state index contributed by atoms with van der Waals surface area (Å²) in [6.45, 7) is 8.17. The lowest BCUT2D eigenvalue weighted by atomic mass is 9.99. The summed E-state index contributed by atoms with van der Waals surface area (Å²) in [4.78, 5) is 0. The number of unbranched alkanes of at least 4 members (excludes halogenated alkanes) is 3. The number of ether oxygens (including phenoxy) is 3. The third-order valence-corrected chi connectivity index (χ3v) is 3.38. The molecule has 0 saturated carbocycles. The highest BCUT2D eigenvalue weighted by Crippen LogP contribution is 2.14. The molecule has 0 bridgehead atoms. The fraction of sp³-hybridized carbons (Fsp3) is 1.00. The van der Waals surface area contributed by atoms with Gasteiger partial charge in [-0.2, -0.15) is 0 Å². The van der Waals surface area contributed by atoms with Crippen molar-refractivity contribution in [2.45, 2.75) is 52.4 Å². The van der Waals surface area contributed by atoms with Gasteiger partial charge in [-0.3, -0.25) is 0 Å². The molecule has 0 spiro atoms. The van der Waals surface area contributed by atoms with Crippen LogP contribution in [0.25, 0.3) is 0 Å². The lowest BCUT2D eigenvalue weighted by Gasteiger charge is -2.15. The van der Waals surface area contributed by atoms with E-state index in [-0.39, 0.29) is 6.61 Å². The first-order chi connectivity index (χ1) is 9.85. The van der Waals surface area contributed by atoms with Crippen molar-refractivity contribution in [1.82, 2.24) is 0 Å². The SMILES string of the molecule is CCCCCCC(CC)COCCOCCOCCO. The molecule has 0 aliphatic carbocycles. The van der Waals surface area contributed by atoms with Crippen LogP contribution in [0.3, 0.4) is 0 Å². The number of rotatable bonds is 16. The van der Waals surface area contributed by atoms with Gasteiger partial charge in [-0.25, -0.2) is 0 Å². The zero-order valence-electron chi connectivity index (χ0n) is 13.4. The number of hydrogen-bond donors (Lipinski definition) is 1. The summed E-state index contributed by atoms with van der Waals surface area (Å²) in [6, 6.07) is 0. The summed E-state index contributed by atoms with van der Waals surface area (Å²) in [5.41, 5.74) is 0. The molecule has 0 fully saturated rings. The van der Waals surface area contributed by atoms with Gasteiger partial charge in [-0.15, -0.1) is 0 Å². The topological polar surface area (TPSA) is 47.9 Å². The molecule has 122 valence electrons. The normalized spacial score (nSPS) is 12.8. The van der Waals surface area contributed by atoms with E-state index < -0.39 is 0 Å². The highest BCUT2D eigenvalue weighted by Gasteiger charge is 2.06. The van der Waals surface area contributed by atoms with E-state index in [1.165, 1.54) is 38.5 Å². The maximum absolute atomic E-state index is 8.52. The Labute approximate surface area is 124 Å². The van der Waals surface area contributed by atoms with Crippen molar-refractivity contribution in [1.29, 1.82) is 0 Å². The zero-order chi connectivity index (χ0) is 14.9. The maximum Gasteiger partial charge on any atom is 0.0701 e. The van der Waals surface area contributed by atoms with Gasteiger partial charge in [-0.05, 0) is 12.3 Å². The molecule has 1 atom stereocenters. The van der Waals surface area contributed by atoms with Crippen molar-refractivity contribution in [2.75, 3.05) is 46.2 Å². The molecular weight excluding hydrogens is 256 g/mol. The number of hydrogen-bond acceptors (Lipinski definition) is 4. The molecule has 1 N–H and O–H groups in total. The molecule has 0 rings (SSSR count). The van der Waals surface area contributed by atoms with Crippen LogP contribution < -0.4 is 0 Å². The summed E-state index contributed by atoms with van der Waals surface area (Å²) in [6.07, 6.45) is 7.81. The van der Waals surface area contributed by atoms with Crippen LogP contribution in [-0.2, 0) is 14.2 Å². The molecular formula is C16H34O4. The van der Waals surface area contributed by atoms with Gasteiger partial charge in [0.1, 0.15) is 0 Å². The number of aliphatic hydroxyl groups excluding tert-OH is 1. The van der Waals surface area contributed by atoms with Crippen molar-refractivity contribution in [3.05, 3.63) is 0 Å². The van der Waals surface area contributed by atoms with E-state index >= 15 is 0 Å². The Hall–Kier alpha value is -0.160. The second-order valence-electron chi connectivity index (χ2n) is 5.15. The lowest BCUT2D eigenvalue weighted by molar-refractivity contribution is 0.000939.